The maximum Gasteiger partial charge on any atom is 0.122 e. The zero-order valence-corrected chi connectivity index (χ0v) is 11.8. The minimum absolute atomic E-state index is 0.549. The van der Waals surface area contributed by atoms with Crippen LogP contribution in [-0.4, -0.2) is 0 Å². The van der Waals surface area contributed by atoms with Crippen molar-refractivity contribution in [3.63, 3.8) is 0 Å². The summed E-state index contributed by atoms with van der Waals surface area (Å²) < 4.78 is 5.83. The predicted molar refractivity (Wildman–Crippen MR) is 84.9 cm³/mol. The van der Waals surface area contributed by atoms with Crippen molar-refractivity contribution in [3.05, 3.63) is 70.9 Å². The summed E-state index contributed by atoms with van der Waals surface area (Å²) in [6, 6.07) is 18.1. The topological polar surface area (TPSA) is 35.2 Å². The van der Waals surface area contributed by atoms with Crippen LogP contribution in [0.3, 0.4) is 0 Å². The summed E-state index contributed by atoms with van der Waals surface area (Å²) in [6.45, 7) is 0.549. The molecule has 1 heterocycles. The Bertz CT molecular complexity index is 677. The number of hydrogen-bond donors (Lipinski definition) is 1. The highest BCUT2D eigenvalue weighted by Crippen LogP contribution is 2.29. The lowest BCUT2D eigenvalue weighted by molar-refractivity contribution is 0.306. The molecule has 3 rings (SSSR count). The fourth-order valence-corrected chi connectivity index (χ4v) is 2.71. The van der Waals surface area contributed by atoms with E-state index in [4.69, 9.17) is 10.5 Å². The van der Waals surface area contributed by atoms with Gasteiger partial charge in [-0.25, -0.2) is 0 Å². The van der Waals surface area contributed by atoms with Gasteiger partial charge in [-0.15, -0.1) is 0 Å². The number of anilines is 1. The van der Waals surface area contributed by atoms with Crippen molar-refractivity contribution in [2.24, 2.45) is 0 Å². The lowest BCUT2D eigenvalue weighted by atomic mass is 10.1. The molecule has 0 atom stereocenters. The third-order valence-electron chi connectivity index (χ3n) is 3.03. The van der Waals surface area contributed by atoms with Crippen LogP contribution >= 0.6 is 11.3 Å². The van der Waals surface area contributed by atoms with Crippen LogP contribution in [0, 0.1) is 0 Å². The first-order valence-electron chi connectivity index (χ1n) is 6.41. The van der Waals surface area contributed by atoms with Gasteiger partial charge in [0.1, 0.15) is 12.4 Å². The lowest BCUT2D eigenvalue weighted by Crippen LogP contribution is -1.96. The minimum atomic E-state index is 0.549. The normalized spacial score (nSPS) is 10.4. The summed E-state index contributed by atoms with van der Waals surface area (Å²) in [5, 5.41) is 4.17. The van der Waals surface area contributed by atoms with Crippen molar-refractivity contribution in [2.75, 3.05) is 5.73 Å². The summed E-state index contributed by atoms with van der Waals surface area (Å²) in [6.07, 6.45) is 0. The van der Waals surface area contributed by atoms with E-state index in [2.05, 4.69) is 16.8 Å². The van der Waals surface area contributed by atoms with E-state index in [1.54, 1.807) is 11.3 Å². The first-order chi connectivity index (χ1) is 9.81. The Morgan fingerprint density at radius 3 is 2.55 bits per heavy atom. The van der Waals surface area contributed by atoms with Crippen molar-refractivity contribution >= 4 is 17.0 Å². The molecule has 20 heavy (non-hydrogen) atoms. The first kappa shape index (κ1) is 12.8. The standard InChI is InChI=1S/C17H15NOS/c18-16-8-15(14-6-7-20-12-14)9-17(10-16)19-11-13-4-2-1-3-5-13/h1-10,12H,11,18H2. The van der Waals surface area contributed by atoms with Gasteiger partial charge in [0.05, 0.1) is 0 Å². The number of ether oxygens (including phenoxy) is 1. The summed E-state index contributed by atoms with van der Waals surface area (Å²) in [7, 11) is 0. The van der Waals surface area contributed by atoms with Gasteiger partial charge < -0.3 is 10.5 Å². The number of nitrogens with two attached hydrogens (primary N) is 1. The average molecular weight is 281 g/mol. The molecular formula is C17H15NOS. The van der Waals surface area contributed by atoms with Crippen LogP contribution in [0.5, 0.6) is 5.75 Å². The SMILES string of the molecule is Nc1cc(OCc2ccccc2)cc(-c2ccsc2)c1. The van der Waals surface area contributed by atoms with E-state index < -0.39 is 0 Å². The molecule has 3 aromatic rings. The Balaban J connectivity index is 1.80. The number of thiophene rings is 1. The van der Waals surface area contributed by atoms with Gasteiger partial charge in [0, 0.05) is 11.8 Å². The zero-order valence-electron chi connectivity index (χ0n) is 11.0. The average Bonchev–Trinajstić information content (AvgIpc) is 3.00. The summed E-state index contributed by atoms with van der Waals surface area (Å²) in [5.41, 5.74) is 10.1. The van der Waals surface area contributed by atoms with Crippen LogP contribution in [0.1, 0.15) is 5.56 Å². The molecule has 3 heteroatoms. The van der Waals surface area contributed by atoms with Crippen molar-refractivity contribution in [1.82, 2.24) is 0 Å². The fourth-order valence-electron chi connectivity index (χ4n) is 2.04. The van der Waals surface area contributed by atoms with Gasteiger partial charge in [-0.2, -0.15) is 11.3 Å². The molecular weight excluding hydrogens is 266 g/mol. The molecule has 0 spiro atoms. The quantitative estimate of drug-likeness (QED) is 0.711. The number of hydrogen-bond acceptors (Lipinski definition) is 3. The van der Waals surface area contributed by atoms with Crippen molar-refractivity contribution in [2.45, 2.75) is 6.61 Å². The molecule has 0 bridgehead atoms. The van der Waals surface area contributed by atoms with Gasteiger partial charge in [0.25, 0.3) is 0 Å². The van der Waals surface area contributed by atoms with E-state index in [0.29, 0.717) is 6.61 Å². The van der Waals surface area contributed by atoms with E-state index in [1.807, 2.05) is 48.5 Å². The molecule has 100 valence electrons. The Morgan fingerprint density at radius 1 is 0.950 bits per heavy atom. The monoisotopic (exact) mass is 281 g/mol. The minimum Gasteiger partial charge on any atom is -0.489 e. The zero-order chi connectivity index (χ0) is 13.8. The molecule has 0 amide bonds. The Hall–Kier alpha value is -2.26. The predicted octanol–water partition coefficient (Wildman–Crippen LogP) is 4.58. The van der Waals surface area contributed by atoms with Gasteiger partial charge in [0.15, 0.2) is 0 Å². The van der Waals surface area contributed by atoms with E-state index in [0.717, 1.165) is 22.6 Å². The van der Waals surface area contributed by atoms with Gasteiger partial charge in [-0.3, -0.25) is 0 Å². The Morgan fingerprint density at radius 2 is 1.80 bits per heavy atom. The lowest BCUT2D eigenvalue weighted by Gasteiger charge is -2.09. The summed E-state index contributed by atoms with van der Waals surface area (Å²) >= 11 is 1.67. The number of nitrogen functional groups attached to an aromatic ring is 1. The molecule has 2 aromatic carbocycles. The van der Waals surface area contributed by atoms with E-state index >= 15 is 0 Å². The van der Waals surface area contributed by atoms with Crippen molar-refractivity contribution in [1.29, 1.82) is 0 Å². The van der Waals surface area contributed by atoms with Gasteiger partial charge in [0.2, 0.25) is 0 Å². The Kier molecular flexibility index (Phi) is 3.70. The van der Waals surface area contributed by atoms with E-state index in [-0.39, 0.29) is 0 Å². The second-order valence-electron chi connectivity index (χ2n) is 4.58. The molecule has 0 aliphatic rings. The highest BCUT2D eigenvalue weighted by Gasteiger charge is 2.03. The van der Waals surface area contributed by atoms with Gasteiger partial charge >= 0.3 is 0 Å². The van der Waals surface area contributed by atoms with Crippen LogP contribution in [0.4, 0.5) is 5.69 Å². The molecule has 0 saturated heterocycles. The number of benzene rings is 2. The van der Waals surface area contributed by atoms with Gasteiger partial charge in [-0.05, 0) is 45.6 Å². The van der Waals surface area contributed by atoms with Crippen LogP contribution in [-0.2, 0) is 6.61 Å². The summed E-state index contributed by atoms with van der Waals surface area (Å²) in [5.74, 6) is 0.801. The molecule has 0 aliphatic carbocycles. The van der Waals surface area contributed by atoms with Crippen molar-refractivity contribution in [3.8, 4) is 16.9 Å². The smallest absolute Gasteiger partial charge is 0.122 e. The van der Waals surface area contributed by atoms with Crippen LogP contribution in [0.2, 0.25) is 0 Å². The summed E-state index contributed by atoms with van der Waals surface area (Å²) in [4.78, 5) is 0. The maximum atomic E-state index is 5.96. The van der Waals surface area contributed by atoms with Crippen LogP contribution in [0.15, 0.2) is 65.4 Å². The van der Waals surface area contributed by atoms with Gasteiger partial charge in [-0.1, -0.05) is 30.3 Å². The first-order valence-corrected chi connectivity index (χ1v) is 7.35. The molecule has 2 N–H and O–H groups in total. The third-order valence-corrected chi connectivity index (χ3v) is 3.71. The molecule has 0 fully saturated rings. The molecule has 0 radical (unpaired) electrons. The molecule has 0 aliphatic heterocycles. The van der Waals surface area contributed by atoms with Crippen LogP contribution < -0.4 is 10.5 Å². The second kappa shape index (κ2) is 5.80. The molecule has 2 nitrogen and oxygen atoms in total. The fraction of sp³-hybridized carbons (Fsp3) is 0.0588. The third kappa shape index (κ3) is 3.00. The largest absolute Gasteiger partial charge is 0.489 e. The Labute approximate surface area is 122 Å². The molecule has 0 saturated carbocycles. The van der Waals surface area contributed by atoms with Crippen molar-refractivity contribution < 1.29 is 4.74 Å². The van der Waals surface area contributed by atoms with E-state index in [9.17, 15) is 0 Å². The number of rotatable bonds is 4. The highest BCUT2D eigenvalue weighted by atomic mass is 32.1. The maximum absolute atomic E-state index is 5.96. The second-order valence-corrected chi connectivity index (χ2v) is 5.36. The van der Waals surface area contributed by atoms with E-state index in [1.165, 1.54) is 5.56 Å². The van der Waals surface area contributed by atoms with Crippen LogP contribution in [0.25, 0.3) is 11.1 Å². The highest BCUT2D eigenvalue weighted by molar-refractivity contribution is 7.08. The molecule has 1 aromatic heterocycles. The molecule has 0 unspecified atom stereocenters.